The number of carbonyl (C=O) groups is 1. The fourth-order valence-corrected chi connectivity index (χ4v) is 1.39. The SMILES string of the molecule is O=C(O)c1cccc(-n2ccc(Br)n2)n1. The summed E-state index contributed by atoms with van der Waals surface area (Å²) in [6, 6.07) is 6.49. The lowest BCUT2D eigenvalue weighted by Gasteiger charge is -2.00. The zero-order valence-electron chi connectivity index (χ0n) is 7.46. The highest BCUT2D eigenvalue weighted by Gasteiger charge is 2.06. The molecule has 6 heteroatoms. The molecule has 15 heavy (non-hydrogen) atoms. The maximum absolute atomic E-state index is 10.7. The van der Waals surface area contributed by atoms with E-state index in [-0.39, 0.29) is 5.69 Å². The molecule has 0 saturated carbocycles. The van der Waals surface area contributed by atoms with Crippen LogP contribution in [0.1, 0.15) is 10.5 Å². The number of nitrogens with zero attached hydrogens (tertiary/aromatic N) is 3. The minimum absolute atomic E-state index is 0.000813. The Morgan fingerprint density at radius 1 is 1.40 bits per heavy atom. The van der Waals surface area contributed by atoms with Crippen LogP contribution in [0, 0.1) is 0 Å². The molecule has 0 radical (unpaired) electrons. The molecule has 0 spiro atoms. The van der Waals surface area contributed by atoms with Crippen LogP contribution in [0.3, 0.4) is 0 Å². The molecule has 0 atom stereocenters. The molecule has 0 aliphatic carbocycles. The van der Waals surface area contributed by atoms with Gasteiger partial charge in [-0.25, -0.2) is 14.5 Å². The molecule has 2 heterocycles. The Bertz CT molecular complexity index is 510. The van der Waals surface area contributed by atoms with Gasteiger partial charge in [0.2, 0.25) is 0 Å². The van der Waals surface area contributed by atoms with Gasteiger partial charge in [0.25, 0.3) is 0 Å². The van der Waals surface area contributed by atoms with E-state index in [9.17, 15) is 4.79 Å². The number of hydrogen-bond donors (Lipinski definition) is 1. The molecule has 0 aromatic carbocycles. The maximum Gasteiger partial charge on any atom is 0.354 e. The van der Waals surface area contributed by atoms with Gasteiger partial charge in [0, 0.05) is 6.20 Å². The molecule has 0 aliphatic heterocycles. The van der Waals surface area contributed by atoms with Crippen LogP contribution in [0.25, 0.3) is 5.82 Å². The predicted molar refractivity (Wildman–Crippen MR) is 56.0 cm³/mol. The third-order valence-electron chi connectivity index (χ3n) is 1.74. The third-order valence-corrected chi connectivity index (χ3v) is 2.17. The minimum atomic E-state index is -1.05. The van der Waals surface area contributed by atoms with Crippen molar-refractivity contribution in [3.63, 3.8) is 0 Å². The molecule has 0 aliphatic rings. The second-order valence-corrected chi connectivity index (χ2v) is 3.58. The van der Waals surface area contributed by atoms with Crippen molar-refractivity contribution in [1.82, 2.24) is 14.8 Å². The predicted octanol–water partition coefficient (Wildman–Crippen LogP) is 1.73. The van der Waals surface area contributed by atoms with E-state index in [2.05, 4.69) is 26.0 Å². The molecule has 0 bridgehead atoms. The van der Waals surface area contributed by atoms with Gasteiger partial charge < -0.3 is 5.11 Å². The van der Waals surface area contributed by atoms with Gasteiger partial charge in [-0.2, -0.15) is 5.10 Å². The number of hydrogen-bond acceptors (Lipinski definition) is 3. The first-order valence-corrected chi connectivity index (χ1v) is 4.88. The molecule has 1 N–H and O–H groups in total. The Hall–Kier alpha value is -1.69. The van der Waals surface area contributed by atoms with E-state index in [4.69, 9.17) is 5.11 Å². The van der Waals surface area contributed by atoms with E-state index < -0.39 is 5.97 Å². The number of halogens is 1. The van der Waals surface area contributed by atoms with E-state index in [1.54, 1.807) is 24.4 Å². The van der Waals surface area contributed by atoms with Crippen molar-refractivity contribution in [2.45, 2.75) is 0 Å². The number of aromatic carboxylic acids is 1. The summed E-state index contributed by atoms with van der Waals surface area (Å²) >= 11 is 3.20. The van der Waals surface area contributed by atoms with E-state index >= 15 is 0 Å². The highest BCUT2D eigenvalue weighted by atomic mass is 79.9. The van der Waals surface area contributed by atoms with Crippen molar-refractivity contribution in [1.29, 1.82) is 0 Å². The normalized spacial score (nSPS) is 10.2. The summed E-state index contributed by atoms with van der Waals surface area (Å²) in [7, 11) is 0. The van der Waals surface area contributed by atoms with Gasteiger partial charge in [-0.3, -0.25) is 0 Å². The average Bonchev–Trinajstić information content (AvgIpc) is 2.65. The molecule has 2 aromatic heterocycles. The molecule has 2 rings (SSSR count). The van der Waals surface area contributed by atoms with E-state index in [0.29, 0.717) is 10.4 Å². The van der Waals surface area contributed by atoms with Gasteiger partial charge in [-0.15, -0.1) is 0 Å². The van der Waals surface area contributed by atoms with Crippen molar-refractivity contribution >= 4 is 21.9 Å². The Kier molecular flexibility index (Phi) is 2.51. The fourth-order valence-electron chi connectivity index (χ4n) is 1.10. The largest absolute Gasteiger partial charge is 0.477 e. The van der Waals surface area contributed by atoms with Crippen LogP contribution in [0.5, 0.6) is 0 Å². The van der Waals surface area contributed by atoms with Crippen molar-refractivity contribution < 1.29 is 9.90 Å². The van der Waals surface area contributed by atoms with Gasteiger partial charge in [-0.05, 0) is 34.1 Å². The van der Waals surface area contributed by atoms with Crippen molar-refractivity contribution in [3.8, 4) is 5.82 Å². The number of carboxylic acids is 1. The number of pyridine rings is 1. The molecule has 0 saturated heterocycles. The van der Waals surface area contributed by atoms with Crippen LogP contribution in [-0.2, 0) is 0 Å². The lowest BCUT2D eigenvalue weighted by Crippen LogP contribution is -2.04. The number of carboxylic acid groups (broad SMARTS) is 1. The first-order valence-electron chi connectivity index (χ1n) is 4.09. The van der Waals surface area contributed by atoms with Crippen molar-refractivity contribution in [3.05, 3.63) is 40.8 Å². The van der Waals surface area contributed by atoms with Gasteiger partial charge >= 0.3 is 5.97 Å². The molecule has 2 aromatic rings. The van der Waals surface area contributed by atoms with E-state index in [1.807, 2.05) is 0 Å². The zero-order chi connectivity index (χ0) is 10.8. The van der Waals surface area contributed by atoms with Gasteiger partial charge in [0.05, 0.1) is 0 Å². The summed E-state index contributed by atoms with van der Waals surface area (Å²) in [6.07, 6.45) is 1.69. The van der Waals surface area contributed by atoms with Crippen LogP contribution in [0.2, 0.25) is 0 Å². The summed E-state index contributed by atoms with van der Waals surface area (Å²) in [5, 5.41) is 12.8. The smallest absolute Gasteiger partial charge is 0.354 e. The molecule has 76 valence electrons. The maximum atomic E-state index is 10.7. The molecular formula is C9H6BrN3O2. The lowest BCUT2D eigenvalue weighted by atomic mass is 10.3. The van der Waals surface area contributed by atoms with Gasteiger partial charge in [0.1, 0.15) is 4.60 Å². The Balaban J connectivity index is 2.45. The lowest BCUT2D eigenvalue weighted by molar-refractivity contribution is 0.0690. The minimum Gasteiger partial charge on any atom is -0.477 e. The topological polar surface area (TPSA) is 68.0 Å². The summed E-state index contributed by atoms with van der Waals surface area (Å²) in [5.74, 6) is -0.580. The Labute approximate surface area is 93.5 Å². The second-order valence-electron chi connectivity index (χ2n) is 2.77. The molecule has 5 nitrogen and oxygen atoms in total. The summed E-state index contributed by atoms with van der Waals surface area (Å²) in [5.41, 5.74) is -0.000813. The zero-order valence-corrected chi connectivity index (χ0v) is 9.05. The van der Waals surface area contributed by atoms with Crippen LogP contribution in [0.15, 0.2) is 35.1 Å². The van der Waals surface area contributed by atoms with Crippen LogP contribution in [0.4, 0.5) is 0 Å². The molecular weight excluding hydrogens is 262 g/mol. The van der Waals surface area contributed by atoms with Crippen LogP contribution >= 0.6 is 15.9 Å². The first-order chi connectivity index (χ1) is 7.16. The third kappa shape index (κ3) is 2.04. The summed E-state index contributed by atoms with van der Waals surface area (Å²) in [4.78, 5) is 14.6. The van der Waals surface area contributed by atoms with Crippen LogP contribution in [-0.4, -0.2) is 25.8 Å². The molecule has 0 fully saturated rings. The molecule has 0 unspecified atom stereocenters. The monoisotopic (exact) mass is 267 g/mol. The second kappa shape index (κ2) is 3.82. The van der Waals surface area contributed by atoms with Crippen molar-refractivity contribution in [2.24, 2.45) is 0 Å². The number of aromatic nitrogens is 3. The number of rotatable bonds is 2. The van der Waals surface area contributed by atoms with E-state index in [0.717, 1.165) is 0 Å². The van der Waals surface area contributed by atoms with Gasteiger partial charge in [0.15, 0.2) is 11.5 Å². The fraction of sp³-hybridized carbons (Fsp3) is 0. The Morgan fingerprint density at radius 2 is 2.20 bits per heavy atom. The first kappa shape index (κ1) is 9.85. The Morgan fingerprint density at radius 3 is 2.80 bits per heavy atom. The summed E-state index contributed by atoms with van der Waals surface area (Å²) in [6.45, 7) is 0. The van der Waals surface area contributed by atoms with Crippen molar-refractivity contribution in [2.75, 3.05) is 0 Å². The highest BCUT2D eigenvalue weighted by molar-refractivity contribution is 9.10. The highest BCUT2D eigenvalue weighted by Crippen LogP contribution is 2.09. The summed E-state index contributed by atoms with van der Waals surface area (Å²) < 4.78 is 2.17. The average molecular weight is 268 g/mol. The standard InChI is InChI=1S/C9H6BrN3O2/c10-7-4-5-13(12-7)8-3-1-2-6(11-8)9(14)15/h1-5H,(H,14,15). The quantitative estimate of drug-likeness (QED) is 0.900. The van der Waals surface area contributed by atoms with Gasteiger partial charge in [-0.1, -0.05) is 6.07 Å². The molecule has 0 amide bonds. The van der Waals surface area contributed by atoms with E-state index in [1.165, 1.54) is 10.7 Å². The van der Waals surface area contributed by atoms with Crippen LogP contribution < -0.4 is 0 Å².